The van der Waals surface area contributed by atoms with Gasteiger partial charge in [0, 0.05) is 11.6 Å². The van der Waals surface area contributed by atoms with E-state index in [1.54, 1.807) is 6.08 Å². The minimum absolute atomic E-state index is 0.0683. The maximum absolute atomic E-state index is 12.5. The summed E-state index contributed by atoms with van der Waals surface area (Å²) in [6.07, 6.45) is 11.1. The van der Waals surface area contributed by atoms with Crippen molar-refractivity contribution in [1.29, 1.82) is 5.26 Å². The Morgan fingerprint density at radius 1 is 1.27 bits per heavy atom. The Balaban J connectivity index is 2.00. The molecule has 1 N–H and O–H groups in total. The highest BCUT2D eigenvalue weighted by Crippen LogP contribution is 2.30. The number of rotatable bonds is 5. The summed E-state index contributed by atoms with van der Waals surface area (Å²) in [7, 11) is 0. The second-order valence-electron chi connectivity index (χ2n) is 6.32. The first-order valence-corrected chi connectivity index (χ1v) is 8.73. The largest absolute Gasteiger partial charge is 0.480 e. The number of fused-ring (bicyclic) bond motifs is 1. The molecular weight excluding hydrogens is 324 g/mol. The van der Waals surface area contributed by atoms with Gasteiger partial charge in [-0.2, -0.15) is 5.26 Å². The van der Waals surface area contributed by atoms with Crippen LogP contribution in [0.4, 0.5) is 0 Å². The summed E-state index contributed by atoms with van der Waals surface area (Å²) in [4.78, 5) is 12.5. The van der Waals surface area contributed by atoms with Crippen molar-refractivity contribution >= 4 is 22.8 Å². The molecule has 4 heteroatoms. The van der Waals surface area contributed by atoms with E-state index in [2.05, 4.69) is 11.2 Å². The number of nitriles is 1. The molecule has 0 aromatic heterocycles. The number of hydrogen-bond acceptors (Lipinski definition) is 3. The first-order valence-electron chi connectivity index (χ1n) is 8.73. The predicted molar refractivity (Wildman–Crippen MR) is 102 cm³/mol. The summed E-state index contributed by atoms with van der Waals surface area (Å²) in [6.45, 7) is 0.120. The summed E-state index contributed by atoms with van der Waals surface area (Å²) < 4.78 is 5.63. The van der Waals surface area contributed by atoms with Gasteiger partial charge in [0.05, 0.1) is 0 Å². The molecule has 1 fully saturated rings. The van der Waals surface area contributed by atoms with Gasteiger partial charge in [-0.15, -0.1) is 6.42 Å². The monoisotopic (exact) mass is 344 g/mol. The Bertz CT molecular complexity index is 925. The minimum Gasteiger partial charge on any atom is -0.480 e. The molecule has 1 aliphatic carbocycles. The Hall–Kier alpha value is -3.24. The number of benzene rings is 2. The summed E-state index contributed by atoms with van der Waals surface area (Å²) in [5.74, 6) is 2.66. The minimum atomic E-state index is -0.338. The van der Waals surface area contributed by atoms with Gasteiger partial charge in [-0.05, 0) is 35.8 Å². The molecule has 130 valence electrons. The van der Waals surface area contributed by atoms with Crippen LogP contribution in [0.25, 0.3) is 16.8 Å². The first-order chi connectivity index (χ1) is 12.7. The molecule has 0 heterocycles. The van der Waals surface area contributed by atoms with E-state index in [-0.39, 0.29) is 24.1 Å². The van der Waals surface area contributed by atoms with Gasteiger partial charge in [0.1, 0.15) is 24.0 Å². The van der Waals surface area contributed by atoms with Gasteiger partial charge in [-0.1, -0.05) is 49.1 Å². The smallest absolute Gasteiger partial charge is 0.262 e. The topological polar surface area (TPSA) is 62.1 Å². The number of nitrogens with one attached hydrogen (secondary N) is 1. The molecule has 0 unspecified atom stereocenters. The lowest BCUT2D eigenvalue weighted by atomic mass is 10.0. The molecule has 1 amide bonds. The summed E-state index contributed by atoms with van der Waals surface area (Å²) in [5.41, 5.74) is 0.760. The zero-order valence-corrected chi connectivity index (χ0v) is 14.5. The zero-order chi connectivity index (χ0) is 18.4. The molecule has 0 spiro atoms. The Morgan fingerprint density at radius 3 is 2.77 bits per heavy atom. The maximum atomic E-state index is 12.5. The molecule has 26 heavy (non-hydrogen) atoms. The number of nitrogens with zero attached hydrogens (tertiary/aromatic N) is 1. The van der Waals surface area contributed by atoms with E-state index in [4.69, 9.17) is 11.2 Å². The van der Waals surface area contributed by atoms with E-state index < -0.39 is 0 Å². The Kier molecular flexibility index (Phi) is 5.56. The highest BCUT2D eigenvalue weighted by Gasteiger charge is 2.20. The predicted octanol–water partition coefficient (Wildman–Crippen LogP) is 3.82. The molecule has 0 radical (unpaired) electrons. The molecule has 0 atom stereocenters. The van der Waals surface area contributed by atoms with Gasteiger partial charge >= 0.3 is 0 Å². The van der Waals surface area contributed by atoms with Crippen molar-refractivity contribution < 1.29 is 9.53 Å². The average molecular weight is 344 g/mol. The highest BCUT2D eigenvalue weighted by molar-refractivity contribution is 6.05. The summed E-state index contributed by atoms with van der Waals surface area (Å²) >= 11 is 0. The van der Waals surface area contributed by atoms with Crippen LogP contribution in [0.2, 0.25) is 0 Å². The number of hydrogen-bond donors (Lipinski definition) is 1. The maximum Gasteiger partial charge on any atom is 0.262 e. The second-order valence-corrected chi connectivity index (χ2v) is 6.32. The van der Waals surface area contributed by atoms with E-state index >= 15 is 0 Å². The number of ether oxygens (including phenoxy) is 1. The Morgan fingerprint density at radius 2 is 2.04 bits per heavy atom. The second kappa shape index (κ2) is 8.23. The van der Waals surface area contributed by atoms with Gasteiger partial charge < -0.3 is 10.1 Å². The van der Waals surface area contributed by atoms with Crippen LogP contribution in [0, 0.1) is 23.7 Å². The van der Waals surface area contributed by atoms with Gasteiger partial charge in [-0.25, -0.2) is 0 Å². The van der Waals surface area contributed by atoms with Gasteiger partial charge in [-0.3, -0.25) is 4.79 Å². The third-order valence-electron chi connectivity index (χ3n) is 4.59. The van der Waals surface area contributed by atoms with E-state index in [0.717, 1.165) is 36.5 Å². The molecule has 1 aliphatic rings. The molecule has 0 bridgehead atoms. The first kappa shape index (κ1) is 17.6. The van der Waals surface area contributed by atoms with Crippen LogP contribution in [0.3, 0.4) is 0 Å². The molecule has 1 saturated carbocycles. The number of amides is 1. The SMILES string of the molecule is C#CCOc1ccc2ccccc2c1/C=C(/C#N)C(=O)NC1CCCC1. The fourth-order valence-electron chi connectivity index (χ4n) is 3.30. The zero-order valence-electron chi connectivity index (χ0n) is 14.5. The van der Waals surface area contributed by atoms with Gasteiger partial charge in [0.2, 0.25) is 0 Å². The van der Waals surface area contributed by atoms with Gasteiger partial charge in [0.15, 0.2) is 0 Å². The lowest BCUT2D eigenvalue weighted by Gasteiger charge is -2.13. The third-order valence-corrected chi connectivity index (χ3v) is 4.59. The fraction of sp³-hybridized carbons (Fsp3) is 0.273. The quantitative estimate of drug-likeness (QED) is 0.509. The van der Waals surface area contributed by atoms with Crippen molar-refractivity contribution in [2.75, 3.05) is 6.61 Å². The van der Waals surface area contributed by atoms with E-state index in [1.807, 2.05) is 42.5 Å². The summed E-state index contributed by atoms with van der Waals surface area (Å²) in [6, 6.07) is 13.7. The van der Waals surface area contributed by atoms with E-state index in [1.165, 1.54) is 0 Å². The van der Waals surface area contributed by atoms with Crippen molar-refractivity contribution in [2.24, 2.45) is 0 Å². The number of terminal acetylenes is 1. The average Bonchev–Trinajstić information content (AvgIpc) is 3.17. The number of carbonyl (C=O) groups excluding carboxylic acids is 1. The van der Waals surface area contributed by atoms with Crippen LogP contribution in [0.5, 0.6) is 5.75 Å². The van der Waals surface area contributed by atoms with Crippen LogP contribution in [0.1, 0.15) is 31.2 Å². The molecule has 0 saturated heterocycles. The molecule has 3 rings (SSSR count). The van der Waals surface area contributed by atoms with Crippen LogP contribution in [-0.4, -0.2) is 18.6 Å². The standard InChI is InChI=1S/C22H20N2O2/c1-2-13-26-21-12-11-16-7-3-6-10-19(16)20(21)14-17(15-23)22(25)24-18-8-4-5-9-18/h1,3,6-7,10-12,14,18H,4-5,8-9,13H2,(H,24,25)/b17-14-. The van der Waals surface area contributed by atoms with Crippen LogP contribution in [0.15, 0.2) is 42.0 Å². The molecule has 2 aromatic carbocycles. The summed E-state index contributed by atoms with van der Waals surface area (Å²) in [5, 5.41) is 14.4. The van der Waals surface area contributed by atoms with Crippen molar-refractivity contribution in [2.45, 2.75) is 31.7 Å². The normalized spacial score (nSPS) is 14.6. The van der Waals surface area contributed by atoms with Crippen LogP contribution >= 0.6 is 0 Å². The third kappa shape index (κ3) is 3.87. The lowest BCUT2D eigenvalue weighted by molar-refractivity contribution is -0.117. The van der Waals surface area contributed by atoms with Gasteiger partial charge in [0.25, 0.3) is 5.91 Å². The van der Waals surface area contributed by atoms with Crippen molar-refractivity contribution in [3.8, 4) is 24.2 Å². The lowest BCUT2D eigenvalue weighted by Crippen LogP contribution is -2.33. The van der Waals surface area contributed by atoms with E-state index in [9.17, 15) is 10.1 Å². The Labute approximate surface area is 153 Å². The van der Waals surface area contributed by atoms with Crippen LogP contribution in [-0.2, 0) is 4.79 Å². The van der Waals surface area contributed by atoms with Crippen LogP contribution < -0.4 is 10.1 Å². The van der Waals surface area contributed by atoms with Crippen molar-refractivity contribution in [3.63, 3.8) is 0 Å². The molecule has 4 nitrogen and oxygen atoms in total. The highest BCUT2D eigenvalue weighted by atomic mass is 16.5. The van der Waals surface area contributed by atoms with E-state index in [0.29, 0.717) is 11.3 Å². The van der Waals surface area contributed by atoms with Crippen molar-refractivity contribution in [1.82, 2.24) is 5.32 Å². The number of carbonyl (C=O) groups is 1. The molecule has 2 aromatic rings. The van der Waals surface area contributed by atoms with Crippen molar-refractivity contribution in [3.05, 3.63) is 47.5 Å². The fourth-order valence-corrected chi connectivity index (χ4v) is 3.30. The molecule has 0 aliphatic heterocycles. The molecular formula is C22H20N2O2.